The lowest BCUT2D eigenvalue weighted by molar-refractivity contribution is -0.153. The number of fused-ring (bicyclic) bond motifs is 1. The lowest BCUT2D eigenvalue weighted by atomic mass is 9.65. The van der Waals surface area contributed by atoms with Crippen LogP contribution in [0.2, 0.25) is 0 Å². The van der Waals surface area contributed by atoms with E-state index in [1.165, 1.54) is 38.5 Å². The quantitative estimate of drug-likeness (QED) is 0.627. The Bertz CT molecular complexity index is 438. The smallest absolute Gasteiger partial charge is 0.220 e. The standard InChI is InChI=1S/C16H23NO2/c1-12(18)17-11-16-8-5-14(19-16)9-13(16)10-15(17)6-3-2-4-7-15/h5,8,13-14H,2-4,6-7,9-11H2,1H3/t13-,14+,16+/m1/s1. The molecule has 0 aromatic heterocycles. The average molecular weight is 261 g/mol. The van der Waals surface area contributed by atoms with Gasteiger partial charge in [0, 0.05) is 12.5 Å². The van der Waals surface area contributed by atoms with E-state index in [0.717, 1.165) is 13.0 Å². The zero-order valence-corrected chi connectivity index (χ0v) is 11.7. The van der Waals surface area contributed by atoms with Gasteiger partial charge in [-0.05, 0) is 31.6 Å². The second-order valence-corrected chi connectivity index (χ2v) is 7.00. The number of hydrogen-bond acceptors (Lipinski definition) is 2. The van der Waals surface area contributed by atoms with Crippen molar-refractivity contribution in [1.82, 2.24) is 4.90 Å². The molecule has 3 aliphatic heterocycles. The summed E-state index contributed by atoms with van der Waals surface area (Å²) in [6.07, 6.45) is 13.4. The summed E-state index contributed by atoms with van der Waals surface area (Å²) in [5.74, 6) is 0.873. The first-order valence-corrected chi connectivity index (χ1v) is 7.79. The first kappa shape index (κ1) is 12.0. The first-order valence-electron chi connectivity index (χ1n) is 7.79. The van der Waals surface area contributed by atoms with Gasteiger partial charge in [0.2, 0.25) is 5.91 Å². The molecule has 0 N–H and O–H groups in total. The van der Waals surface area contributed by atoms with Crippen molar-refractivity contribution in [2.24, 2.45) is 5.92 Å². The van der Waals surface area contributed by atoms with E-state index in [4.69, 9.17) is 4.74 Å². The number of carbonyl (C=O) groups excluding carboxylic acids is 1. The molecule has 104 valence electrons. The molecule has 0 unspecified atom stereocenters. The Morgan fingerprint density at radius 1 is 1.32 bits per heavy atom. The molecule has 0 aromatic rings. The average Bonchev–Trinajstić information content (AvgIpc) is 2.94. The minimum Gasteiger partial charge on any atom is -0.361 e. The summed E-state index contributed by atoms with van der Waals surface area (Å²) >= 11 is 0. The predicted octanol–water partition coefficient (Wildman–Crippen LogP) is 2.66. The van der Waals surface area contributed by atoms with Gasteiger partial charge in [-0.1, -0.05) is 31.4 Å². The summed E-state index contributed by atoms with van der Waals surface area (Å²) in [5.41, 5.74) is 0.0146. The van der Waals surface area contributed by atoms with Gasteiger partial charge in [0.1, 0.15) is 5.60 Å². The van der Waals surface area contributed by atoms with Crippen LogP contribution in [0.15, 0.2) is 12.2 Å². The van der Waals surface area contributed by atoms with Crippen molar-refractivity contribution in [2.45, 2.75) is 69.1 Å². The van der Waals surface area contributed by atoms with E-state index in [9.17, 15) is 4.79 Å². The van der Waals surface area contributed by atoms with Crippen LogP contribution in [0.25, 0.3) is 0 Å². The largest absolute Gasteiger partial charge is 0.361 e. The minimum absolute atomic E-state index is 0.140. The van der Waals surface area contributed by atoms with Crippen LogP contribution in [0.5, 0.6) is 0 Å². The topological polar surface area (TPSA) is 29.5 Å². The van der Waals surface area contributed by atoms with Crippen LogP contribution in [0, 0.1) is 5.92 Å². The lowest BCUT2D eigenvalue weighted by Crippen LogP contribution is -2.64. The van der Waals surface area contributed by atoms with Crippen LogP contribution in [-0.4, -0.2) is 34.6 Å². The Kier molecular flexibility index (Phi) is 2.42. The molecular formula is C16H23NO2. The molecule has 4 aliphatic rings. The fourth-order valence-corrected chi connectivity index (χ4v) is 5.06. The fourth-order valence-electron chi connectivity index (χ4n) is 5.06. The molecule has 3 nitrogen and oxygen atoms in total. The van der Waals surface area contributed by atoms with Gasteiger partial charge in [-0.25, -0.2) is 0 Å². The third-order valence-electron chi connectivity index (χ3n) is 5.94. The van der Waals surface area contributed by atoms with Crippen LogP contribution in [0.1, 0.15) is 51.9 Å². The summed E-state index contributed by atoms with van der Waals surface area (Å²) in [5, 5.41) is 0. The molecule has 3 atom stereocenters. The Morgan fingerprint density at radius 2 is 2.11 bits per heavy atom. The van der Waals surface area contributed by atoms with Crippen LogP contribution in [0.3, 0.4) is 0 Å². The van der Waals surface area contributed by atoms with E-state index < -0.39 is 0 Å². The third-order valence-corrected chi connectivity index (χ3v) is 5.94. The molecule has 1 saturated carbocycles. The molecule has 2 bridgehead atoms. The predicted molar refractivity (Wildman–Crippen MR) is 72.7 cm³/mol. The van der Waals surface area contributed by atoms with Crippen molar-refractivity contribution in [3.8, 4) is 0 Å². The summed E-state index contributed by atoms with van der Waals surface area (Å²) < 4.78 is 6.17. The minimum atomic E-state index is -0.140. The molecule has 1 aliphatic carbocycles. The molecule has 0 aromatic carbocycles. The van der Waals surface area contributed by atoms with Crippen molar-refractivity contribution in [3.05, 3.63) is 12.2 Å². The van der Waals surface area contributed by atoms with Gasteiger partial charge in [-0.2, -0.15) is 0 Å². The highest BCUT2D eigenvalue weighted by Gasteiger charge is 2.59. The molecule has 19 heavy (non-hydrogen) atoms. The van der Waals surface area contributed by atoms with E-state index in [1.54, 1.807) is 6.92 Å². The van der Waals surface area contributed by atoms with Gasteiger partial charge in [-0.15, -0.1) is 0 Å². The van der Waals surface area contributed by atoms with Crippen LogP contribution < -0.4 is 0 Å². The maximum absolute atomic E-state index is 12.2. The highest BCUT2D eigenvalue weighted by atomic mass is 16.5. The van der Waals surface area contributed by atoms with E-state index in [2.05, 4.69) is 17.1 Å². The fraction of sp³-hybridized carbons (Fsp3) is 0.812. The van der Waals surface area contributed by atoms with Gasteiger partial charge in [0.25, 0.3) is 0 Å². The number of piperidine rings is 1. The zero-order chi connectivity index (χ0) is 13.1. The number of hydrogen-bond donors (Lipinski definition) is 0. The second-order valence-electron chi connectivity index (χ2n) is 7.00. The van der Waals surface area contributed by atoms with Crippen molar-refractivity contribution in [1.29, 1.82) is 0 Å². The van der Waals surface area contributed by atoms with E-state index in [-0.39, 0.29) is 17.0 Å². The van der Waals surface area contributed by atoms with Gasteiger partial charge in [0.15, 0.2) is 0 Å². The summed E-state index contributed by atoms with van der Waals surface area (Å²) in [4.78, 5) is 14.3. The highest BCUT2D eigenvalue weighted by Crippen LogP contribution is 2.54. The second kappa shape index (κ2) is 3.85. The highest BCUT2D eigenvalue weighted by molar-refractivity contribution is 5.74. The Labute approximate surface area is 115 Å². The molecule has 3 heterocycles. The van der Waals surface area contributed by atoms with Crippen LogP contribution in [0.4, 0.5) is 0 Å². The van der Waals surface area contributed by atoms with Crippen molar-refractivity contribution >= 4 is 5.91 Å². The van der Waals surface area contributed by atoms with Crippen LogP contribution >= 0.6 is 0 Å². The Hall–Kier alpha value is -0.830. The normalized spacial score (nSPS) is 42.7. The molecule has 3 heteroatoms. The molecule has 0 radical (unpaired) electrons. The molecular weight excluding hydrogens is 238 g/mol. The maximum Gasteiger partial charge on any atom is 0.220 e. The molecule has 4 rings (SSSR count). The number of nitrogens with zero attached hydrogens (tertiary/aromatic N) is 1. The van der Waals surface area contributed by atoms with Gasteiger partial charge in [0.05, 0.1) is 12.6 Å². The van der Waals surface area contributed by atoms with E-state index in [1.807, 2.05) is 0 Å². The van der Waals surface area contributed by atoms with Crippen molar-refractivity contribution < 1.29 is 9.53 Å². The monoisotopic (exact) mass is 261 g/mol. The number of rotatable bonds is 0. The molecule has 3 fully saturated rings. The zero-order valence-electron chi connectivity index (χ0n) is 11.7. The summed E-state index contributed by atoms with van der Waals surface area (Å²) in [7, 11) is 0. The van der Waals surface area contributed by atoms with Gasteiger partial charge >= 0.3 is 0 Å². The third kappa shape index (κ3) is 1.57. The van der Waals surface area contributed by atoms with Crippen molar-refractivity contribution in [2.75, 3.05) is 6.54 Å². The number of carbonyl (C=O) groups is 1. The lowest BCUT2D eigenvalue weighted by Gasteiger charge is -2.55. The SMILES string of the molecule is CC(=O)N1C[C@@]23C=C[C@@H](C[C@@H]2CC12CCCCC2)O3. The van der Waals surface area contributed by atoms with Gasteiger partial charge < -0.3 is 9.64 Å². The molecule has 1 amide bonds. The Balaban J connectivity index is 1.69. The van der Waals surface area contributed by atoms with Crippen molar-refractivity contribution in [3.63, 3.8) is 0 Å². The van der Waals surface area contributed by atoms with E-state index >= 15 is 0 Å². The molecule has 2 saturated heterocycles. The van der Waals surface area contributed by atoms with E-state index in [0.29, 0.717) is 12.0 Å². The number of amides is 1. The molecule has 2 spiro atoms. The van der Waals surface area contributed by atoms with Crippen LogP contribution in [-0.2, 0) is 9.53 Å². The summed E-state index contributed by atoms with van der Waals surface area (Å²) in [6.45, 7) is 2.53. The number of ether oxygens (including phenoxy) is 1. The maximum atomic E-state index is 12.2. The summed E-state index contributed by atoms with van der Waals surface area (Å²) in [6, 6.07) is 0. The number of likely N-dealkylation sites (tertiary alicyclic amines) is 1. The Morgan fingerprint density at radius 3 is 2.79 bits per heavy atom. The first-order chi connectivity index (χ1) is 9.14. The van der Waals surface area contributed by atoms with Gasteiger partial charge in [-0.3, -0.25) is 4.79 Å².